The van der Waals surface area contributed by atoms with E-state index >= 15 is 0 Å². The van der Waals surface area contributed by atoms with Crippen molar-refractivity contribution in [3.8, 4) is 0 Å². The van der Waals surface area contributed by atoms with Gasteiger partial charge in [-0.05, 0) is 36.8 Å². The van der Waals surface area contributed by atoms with Gasteiger partial charge in [0, 0.05) is 17.8 Å². The molecule has 0 unspecified atom stereocenters. The zero-order valence-electron chi connectivity index (χ0n) is 12.8. The first-order valence-corrected chi connectivity index (χ1v) is 6.88. The standard InChI is InChI=1S/C17H16N2O4/c1-12-3-7-14(8-4-12)18-15-9-5-13(6-10-17(20)23-2)11-16(15)19(21)22/h3-11,18H,1-2H3/b10-6+. The van der Waals surface area contributed by atoms with Crippen LogP contribution in [0.3, 0.4) is 0 Å². The van der Waals surface area contributed by atoms with Crippen molar-refractivity contribution in [3.63, 3.8) is 0 Å². The molecule has 0 spiro atoms. The summed E-state index contributed by atoms with van der Waals surface area (Å²) in [6.07, 6.45) is 2.68. The van der Waals surface area contributed by atoms with Crippen LogP contribution >= 0.6 is 0 Å². The molecule has 6 heteroatoms. The highest BCUT2D eigenvalue weighted by molar-refractivity contribution is 5.87. The van der Waals surface area contributed by atoms with Gasteiger partial charge in [0.15, 0.2) is 0 Å². The second kappa shape index (κ2) is 7.22. The zero-order chi connectivity index (χ0) is 16.8. The fourth-order valence-electron chi connectivity index (χ4n) is 1.93. The third kappa shape index (κ3) is 4.41. The highest BCUT2D eigenvalue weighted by Gasteiger charge is 2.14. The topological polar surface area (TPSA) is 81.5 Å². The summed E-state index contributed by atoms with van der Waals surface area (Å²) >= 11 is 0. The maximum Gasteiger partial charge on any atom is 0.330 e. The number of nitro groups is 1. The van der Waals surface area contributed by atoms with Crippen LogP contribution in [0.4, 0.5) is 17.1 Å². The Morgan fingerprint density at radius 1 is 1.22 bits per heavy atom. The van der Waals surface area contributed by atoms with Gasteiger partial charge in [0.25, 0.3) is 5.69 Å². The lowest BCUT2D eigenvalue weighted by molar-refractivity contribution is -0.383. The van der Waals surface area contributed by atoms with Gasteiger partial charge in [-0.1, -0.05) is 23.8 Å². The van der Waals surface area contributed by atoms with Crippen LogP contribution < -0.4 is 5.32 Å². The minimum absolute atomic E-state index is 0.0717. The molecule has 118 valence electrons. The molecule has 0 bridgehead atoms. The van der Waals surface area contributed by atoms with E-state index in [0.29, 0.717) is 11.3 Å². The molecule has 0 saturated carbocycles. The van der Waals surface area contributed by atoms with Crippen LogP contribution in [0.15, 0.2) is 48.5 Å². The van der Waals surface area contributed by atoms with Crippen LogP contribution in [0.2, 0.25) is 0 Å². The van der Waals surface area contributed by atoms with Crippen molar-refractivity contribution in [2.45, 2.75) is 6.92 Å². The summed E-state index contributed by atoms with van der Waals surface area (Å²) in [5.74, 6) is -0.519. The summed E-state index contributed by atoms with van der Waals surface area (Å²) in [5.41, 5.74) is 2.72. The Morgan fingerprint density at radius 3 is 2.52 bits per heavy atom. The van der Waals surface area contributed by atoms with Gasteiger partial charge in [-0.3, -0.25) is 10.1 Å². The van der Waals surface area contributed by atoms with E-state index in [4.69, 9.17) is 0 Å². The number of carbonyl (C=O) groups excluding carboxylic acids is 1. The van der Waals surface area contributed by atoms with Crippen molar-refractivity contribution in [3.05, 3.63) is 69.8 Å². The second-order valence-electron chi connectivity index (χ2n) is 4.88. The molecule has 0 aromatic heterocycles. The second-order valence-corrected chi connectivity index (χ2v) is 4.88. The predicted molar refractivity (Wildman–Crippen MR) is 88.6 cm³/mol. The van der Waals surface area contributed by atoms with Crippen LogP contribution in [0.1, 0.15) is 11.1 Å². The minimum Gasteiger partial charge on any atom is -0.466 e. The maximum atomic E-state index is 11.3. The summed E-state index contributed by atoms with van der Waals surface area (Å²) in [4.78, 5) is 21.9. The molecule has 1 N–H and O–H groups in total. The lowest BCUT2D eigenvalue weighted by Gasteiger charge is -2.08. The molecule has 6 nitrogen and oxygen atoms in total. The van der Waals surface area contributed by atoms with Crippen molar-refractivity contribution in [1.29, 1.82) is 0 Å². The summed E-state index contributed by atoms with van der Waals surface area (Å²) in [5, 5.41) is 14.3. The number of methoxy groups -OCH3 is 1. The highest BCUT2D eigenvalue weighted by Crippen LogP contribution is 2.29. The average molecular weight is 312 g/mol. The fraction of sp³-hybridized carbons (Fsp3) is 0.118. The number of benzene rings is 2. The van der Waals surface area contributed by atoms with E-state index < -0.39 is 10.9 Å². The number of hydrogen-bond donors (Lipinski definition) is 1. The lowest BCUT2D eigenvalue weighted by atomic mass is 10.1. The van der Waals surface area contributed by atoms with Crippen LogP contribution in [0.25, 0.3) is 6.08 Å². The first kappa shape index (κ1) is 16.2. The summed E-state index contributed by atoms with van der Waals surface area (Å²) in [7, 11) is 1.27. The molecule has 0 saturated heterocycles. The summed E-state index contributed by atoms with van der Waals surface area (Å²) < 4.78 is 4.49. The van der Waals surface area contributed by atoms with Crippen LogP contribution in [-0.4, -0.2) is 18.0 Å². The van der Waals surface area contributed by atoms with Gasteiger partial charge < -0.3 is 10.1 Å². The van der Waals surface area contributed by atoms with E-state index in [0.717, 1.165) is 11.3 Å². The van der Waals surface area contributed by atoms with Crippen molar-refractivity contribution >= 4 is 29.1 Å². The molecule has 0 radical (unpaired) electrons. The van der Waals surface area contributed by atoms with Gasteiger partial charge in [-0.25, -0.2) is 4.79 Å². The number of rotatable bonds is 5. The monoisotopic (exact) mass is 312 g/mol. The molecular weight excluding hydrogens is 296 g/mol. The number of hydrogen-bond acceptors (Lipinski definition) is 5. The molecule has 0 heterocycles. The average Bonchev–Trinajstić information content (AvgIpc) is 2.55. The minimum atomic E-state index is -0.519. The molecule has 0 atom stereocenters. The Morgan fingerprint density at radius 2 is 1.91 bits per heavy atom. The number of ether oxygens (including phenoxy) is 1. The quantitative estimate of drug-likeness (QED) is 0.393. The maximum absolute atomic E-state index is 11.3. The third-order valence-corrected chi connectivity index (χ3v) is 3.16. The smallest absolute Gasteiger partial charge is 0.330 e. The van der Waals surface area contributed by atoms with Crippen molar-refractivity contribution in [1.82, 2.24) is 0 Å². The third-order valence-electron chi connectivity index (χ3n) is 3.16. The first-order chi connectivity index (χ1) is 11.0. The molecule has 0 aliphatic rings. The van der Waals surface area contributed by atoms with Gasteiger partial charge in [0.2, 0.25) is 0 Å². The Labute approximate surface area is 133 Å². The van der Waals surface area contributed by atoms with Gasteiger partial charge in [-0.15, -0.1) is 0 Å². The predicted octanol–water partition coefficient (Wildman–Crippen LogP) is 3.83. The van der Waals surface area contributed by atoms with Crippen molar-refractivity contribution < 1.29 is 14.5 Å². The van der Waals surface area contributed by atoms with Gasteiger partial charge in [0.1, 0.15) is 5.69 Å². The number of nitrogens with one attached hydrogen (secondary N) is 1. The van der Waals surface area contributed by atoms with Crippen molar-refractivity contribution in [2.24, 2.45) is 0 Å². The van der Waals surface area contributed by atoms with Gasteiger partial charge in [-0.2, -0.15) is 0 Å². The molecule has 23 heavy (non-hydrogen) atoms. The molecule has 0 fully saturated rings. The molecule has 2 aromatic rings. The number of esters is 1. The fourth-order valence-corrected chi connectivity index (χ4v) is 1.93. The normalized spacial score (nSPS) is 10.5. The van der Waals surface area contributed by atoms with Crippen LogP contribution in [0, 0.1) is 17.0 Å². The highest BCUT2D eigenvalue weighted by atomic mass is 16.6. The van der Waals surface area contributed by atoms with E-state index in [9.17, 15) is 14.9 Å². The Balaban J connectivity index is 2.29. The number of anilines is 2. The number of nitrogens with zero attached hydrogens (tertiary/aromatic N) is 1. The van der Waals surface area contributed by atoms with Crippen molar-refractivity contribution in [2.75, 3.05) is 12.4 Å². The number of carbonyl (C=O) groups is 1. The Kier molecular flexibility index (Phi) is 5.09. The molecule has 0 aliphatic heterocycles. The number of nitro benzene ring substituents is 1. The SMILES string of the molecule is COC(=O)/C=C/c1ccc(Nc2ccc(C)cc2)c([N+](=O)[O-])c1. The molecule has 0 aliphatic carbocycles. The molecule has 2 aromatic carbocycles. The summed E-state index contributed by atoms with van der Waals surface area (Å²) in [6.45, 7) is 1.97. The number of aryl methyl sites for hydroxylation is 1. The molecule has 2 rings (SSSR count). The van der Waals surface area contributed by atoms with E-state index in [1.807, 2.05) is 31.2 Å². The molecule has 0 amide bonds. The lowest BCUT2D eigenvalue weighted by Crippen LogP contribution is -1.98. The van der Waals surface area contributed by atoms with Crippen LogP contribution in [-0.2, 0) is 9.53 Å². The van der Waals surface area contributed by atoms with Gasteiger partial charge in [0.05, 0.1) is 12.0 Å². The summed E-state index contributed by atoms with van der Waals surface area (Å²) in [6, 6.07) is 12.2. The largest absolute Gasteiger partial charge is 0.466 e. The first-order valence-electron chi connectivity index (χ1n) is 6.88. The van der Waals surface area contributed by atoms with E-state index in [1.54, 1.807) is 12.1 Å². The molecular formula is C17H16N2O4. The van der Waals surface area contributed by atoms with Crippen LogP contribution in [0.5, 0.6) is 0 Å². The van der Waals surface area contributed by atoms with E-state index in [-0.39, 0.29) is 5.69 Å². The zero-order valence-corrected chi connectivity index (χ0v) is 12.8. The van der Waals surface area contributed by atoms with E-state index in [2.05, 4.69) is 10.1 Å². The Hall–Kier alpha value is -3.15. The Bertz CT molecular complexity index is 752. The van der Waals surface area contributed by atoms with Gasteiger partial charge >= 0.3 is 5.97 Å². The van der Waals surface area contributed by atoms with E-state index in [1.165, 1.54) is 25.3 Å².